The van der Waals surface area contributed by atoms with Crippen LogP contribution in [0.5, 0.6) is 11.5 Å². The minimum atomic E-state index is -3.59. The van der Waals surface area contributed by atoms with Gasteiger partial charge in [0.05, 0.1) is 19.1 Å². The Bertz CT molecular complexity index is 1080. The molecule has 10 heteroatoms. The van der Waals surface area contributed by atoms with Gasteiger partial charge in [-0.3, -0.25) is 10.1 Å². The van der Waals surface area contributed by atoms with Gasteiger partial charge < -0.3 is 14.8 Å². The van der Waals surface area contributed by atoms with E-state index in [9.17, 15) is 13.2 Å². The van der Waals surface area contributed by atoms with Crippen molar-refractivity contribution in [3.63, 3.8) is 0 Å². The smallest absolute Gasteiger partial charge is 0.250 e. The van der Waals surface area contributed by atoms with Crippen molar-refractivity contribution in [2.45, 2.75) is 31.2 Å². The van der Waals surface area contributed by atoms with Crippen LogP contribution >= 0.6 is 12.2 Å². The fourth-order valence-electron chi connectivity index (χ4n) is 2.58. The number of methoxy groups -OCH3 is 2. The second-order valence-corrected chi connectivity index (χ2v) is 8.97. The molecular weight excluding hydrogens is 450 g/mol. The Labute approximate surface area is 194 Å². The number of nitrogens with one attached hydrogen (secondary N) is 3. The molecule has 8 nitrogen and oxygen atoms in total. The van der Waals surface area contributed by atoms with Gasteiger partial charge in [-0.05, 0) is 73.6 Å². The Kier molecular flexibility index (Phi) is 9.18. The van der Waals surface area contributed by atoms with Gasteiger partial charge in [-0.1, -0.05) is 13.0 Å². The predicted octanol–water partition coefficient (Wildman–Crippen LogP) is 3.31. The molecule has 0 aliphatic rings. The number of carbonyl (C=O) groups excluding carboxylic acids is 1. The number of amides is 1. The zero-order chi connectivity index (χ0) is 23.7. The summed E-state index contributed by atoms with van der Waals surface area (Å²) in [6.45, 7) is 3.70. The Morgan fingerprint density at radius 1 is 1.09 bits per heavy atom. The lowest BCUT2D eigenvalue weighted by atomic mass is 10.2. The van der Waals surface area contributed by atoms with Crippen LogP contribution in [0.1, 0.15) is 25.8 Å². The fraction of sp³-hybridized carbons (Fsp3) is 0.273. The number of benzene rings is 2. The molecule has 0 bridgehead atoms. The molecule has 2 aromatic rings. The van der Waals surface area contributed by atoms with Gasteiger partial charge in [-0.25, -0.2) is 13.1 Å². The van der Waals surface area contributed by atoms with Gasteiger partial charge in [0.2, 0.25) is 15.9 Å². The largest absolute Gasteiger partial charge is 0.493 e. The molecular formula is C22H27N3O5S2. The molecule has 3 N–H and O–H groups in total. The molecule has 0 aliphatic carbocycles. The molecule has 32 heavy (non-hydrogen) atoms. The summed E-state index contributed by atoms with van der Waals surface area (Å²) in [5.41, 5.74) is 1.29. The average molecular weight is 478 g/mol. The van der Waals surface area contributed by atoms with Gasteiger partial charge in [0.1, 0.15) is 0 Å². The van der Waals surface area contributed by atoms with Gasteiger partial charge in [0.25, 0.3) is 0 Å². The summed E-state index contributed by atoms with van der Waals surface area (Å²) in [5, 5.41) is 5.47. The van der Waals surface area contributed by atoms with Gasteiger partial charge in [0.15, 0.2) is 16.6 Å². The molecule has 172 valence electrons. The number of hydrogen-bond donors (Lipinski definition) is 3. The molecule has 2 aromatic carbocycles. The van der Waals surface area contributed by atoms with E-state index in [4.69, 9.17) is 21.7 Å². The Balaban J connectivity index is 1.94. The molecule has 0 fully saturated rings. The quantitative estimate of drug-likeness (QED) is 0.376. The number of carbonyl (C=O) groups is 1. The molecule has 1 amide bonds. The zero-order valence-corrected chi connectivity index (χ0v) is 20.0. The molecule has 0 saturated carbocycles. The summed E-state index contributed by atoms with van der Waals surface area (Å²) in [4.78, 5) is 12.3. The highest BCUT2D eigenvalue weighted by Gasteiger charge is 2.16. The van der Waals surface area contributed by atoms with E-state index in [0.717, 1.165) is 5.56 Å². The van der Waals surface area contributed by atoms with Crippen LogP contribution in [0.2, 0.25) is 0 Å². The highest BCUT2D eigenvalue weighted by molar-refractivity contribution is 7.89. The van der Waals surface area contributed by atoms with Crippen LogP contribution in [0.3, 0.4) is 0 Å². The van der Waals surface area contributed by atoms with E-state index in [1.807, 2.05) is 6.92 Å². The molecule has 0 aliphatic heterocycles. The summed E-state index contributed by atoms with van der Waals surface area (Å²) < 4.78 is 37.6. The summed E-state index contributed by atoms with van der Waals surface area (Å²) in [6, 6.07) is 11.2. The zero-order valence-electron chi connectivity index (χ0n) is 18.3. The molecule has 0 aromatic heterocycles. The fourth-order valence-corrected chi connectivity index (χ4v) is 4.12. The van der Waals surface area contributed by atoms with E-state index in [1.54, 1.807) is 50.4 Å². The van der Waals surface area contributed by atoms with E-state index in [-0.39, 0.29) is 16.0 Å². The molecule has 0 saturated heterocycles. The van der Waals surface area contributed by atoms with Crippen molar-refractivity contribution < 1.29 is 22.7 Å². The van der Waals surface area contributed by atoms with Crippen LogP contribution in [-0.4, -0.2) is 39.7 Å². The van der Waals surface area contributed by atoms with Gasteiger partial charge in [-0.15, -0.1) is 0 Å². The third kappa shape index (κ3) is 7.33. The number of anilines is 1. The van der Waals surface area contributed by atoms with Crippen molar-refractivity contribution in [3.05, 3.63) is 54.1 Å². The number of hydrogen-bond acceptors (Lipinski definition) is 6. The third-order valence-corrected chi connectivity index (χ3v) is 6.27. The number of rotatable bonds is 9. The average Bonchev–Trinajstić information content (AvgIpc) is 2.77. The van der Waals surface area contributed by atoms with Gasteiger partial charge in [-0.2, -0.15) is 0 Å². The van der Waals surface area contributed by atoms with Crippen LogP contribution in [0, 0.1) is 0 Å². The lowest BCUT2D eigenvalue weighted by molar-refractivity contribution is -0.115. The van der Waals surface area contributed by atoms with E-state index in [1.165, 1.54) is 25.3 Å². The van der Waals surface area contributed by atoms with E-state index in [2.05, 4.69) is 15.4 Å². The van der Waals surface area contributed by atoms with Crippen molar-refractivity contribution in [3.8, 4) is 11.5 Å². The summed E-state index contributed by atoms with van der Waals surface area (Å²) in [5.74, 6) is 0.722. The first-order valence-corrected chi connectivity index (χ1v) is 11.7. The first-order valence-electron chi connectivity index (χ1n) is 9.83. The lowest BCUT2D eigenvalue weighted by Gasteiger charge is -2.13. The number of thiocarbonyl (C=S) groups is 1. The Morgan fingerprint density at radius 2 is 1.75 bits per heavy atom. The lowest BCUT2D eigenvalue weighted by Crippen LogP contribution is -2.33. The van der Waals surface area contributed by atoms with Crippen LogP contribution in [0.4, 0.5) is 5.69 Å². The summed E-state index contributed by atoms with van der Waals surface area (Å²) >= 11 is 5.15. The monoisotopic (exact) mass is 477 g/mol. The van der Waals surface area contributed by atoms with E-state index < -0.39 is 15.9 Å². The predicted molar refractivity (Wildman–Crippen MR) is 129 cm³/mol. The molecule has 0 radical (unpaired) electrons. The second kappa shape index (κ2) is 11.6. The topological polar surface area (TPSA) is 106 Å². The minimum absolute atomic E-state index is 0.0836. The SMILES string of the molecule is CCC(C)NS(=O)(=O)c1ccc(NC(=S)NC(=O)/C=C/c2ccc(OC)c(OC)c2)cc1. The maximum atomic E-state index is 12.3. The first kappa shape index (κ1) is 25.3. The Morgan fingerprint density at radius 3 is 2.34 bits per heavy atom. The third-order valence-electron chi connectivity index (χ3n) is 4.46. The normalized spacial score (nSPS) is 12.2. The molecule has 2 rings (SSSR count). The van der Waals surface area contributed by atoms with Crippen molar-refractivity contribution in [2.24, 2.45) is 0 Å². The first-order chi connectivity index (χ1) is 15.2. The van der Waals surface area contributed by atoms with Gasteiger partial charge in [0, 0.05) is 17.8 Å². The molecule has 1 atom stereocenters. The van der Waals surface area contributed by atoms with Crippen molar-refractivity contribution >= 4 is 45.0 Å². The molecule has 0 heterocycles. The van der Waals surface area contributed by atoms with Crippen molar-refractivity contribution in [1.82, 2.24) is 10.0 Å². The second-order valence-electron chi connectivity index (χ2n) is 6.85. The number of sulfonamides is 1. The molecule has 0 spiro atoms. The minimum Gasteiger partial charge on any atom is -0.493 e. The van der Waals surface area contributed by atoms with Crippen LogP contribution < -0.4 is 24.8 Å². The summed E-state index contributed by atoms with van der Waals surface area (Å²) in [7, 11) is -0.505. The molecule has 1 unspecified atom stereocenters. The standard InChI is InChI=1S/C22H27N3O5S2/c1-5-15(2)25-32(27,28)18-10-8-17(9-11-18)23-22(31)24-21(26)13-7-16-6-12-19(29-3)20(14-16)30-4/h6-15,25H,5H2,1-4H3,(H2,23,24,26,31)/b13-7+. The highest BCUT2D eigenvalue weighted by atomic mass is 32.2. The van der Waals surface area contributed by atoms with Crippen LogP contribution in [0.25, 0.3) is 6.08 Å². The Hall–Kier alpha value is -2.95. The maximum absolute atomic E-state index is 12.3. The van der Waals surface area contributed by atoms with E-state index in [0.29, 0.717) is 23.6 Å². The highest BCUT2D eigenvalue weighted by Crippen LogP contribution is 2.27. The van der Waals surface area contributed by atoms with Crippen LogP contribution in [-0.2, 0) is 14.8 Å². The maximum Gasteiger partial charge on any atom is 0.250 e. The van der Waals surface area contributed by atoms with Crippen LogP contribution in [0.15, 0.2) is 53.4 Å². The number of ether oxygens (including phenoxy) is 2. The van der Waals surface area contributed by atoms with Crippen molar-refractivity contribution in [2.75, 3.05) is 19.5 Å². The summed E-state index contributed by atoms with van der Waals surface area (Å²) in [6.07, 6.45) is 3.64. The van der Waals surface area contributed by atoms with Crippen molar-refractivity contribution in [1.29, 1.82) is 0 Å². The van der Waals surface area contributed by atoms with E-state index >= 15 is 0 Å². The van der Waals surface area contributed by atoms with Gasteiger partial charge >= 0.3 is 0 Å².